The Balaban J connectivity index is 1.31. The molecule has 4 nitrogen and oxygen atoms in total. The molecule has 0 bridgehead atoms. The molecule has 2 aromatic carbocycles. The second kappa shape index (κ2) is 7.03. The van der Waals surface area contributed by atoms with Crippen molar-refractivity contribution >= 4 is 6.08 Å². The molecule has 3 aliphatic carbocycles. The summed E-state index contributed by atoms with van der Waals surface area (Å²) >= 11 is 0. The molecule has 0 saturated heterocycles. The van der Waals surface area contributed by atoms with Gasteiger partial charge in [0.05, 0.1) is 13.2 Å². The van der Waals surface area contributed by atoms with Gasteiger partial charge in [0.1, 0.15) is 5.75 Å². The van der Waals surface area contributed by atoms with Crippen molar-refractivity contribution < 1.29 is 19.3 Å². The predicted octanol–water partition coefficient (Wildman–Crippen LogP) is 5.33. The van der Waals surface area contributed by atoms with Crippen LogP contribution in [-0.2, 0) is 6.42 Å². The van der Waals surface area contributed by atoms with Crippen LogP contribution in [0.25, 0.3) is 6.08 Å². The van der Waals surface area contributed by atoms with Crippen molar-refractivity contribution in [3.05, 3.63) is 58.7 Å². The average Bonchev–Trinajstić information content (AvgIpc) is 3.36. The van der Waals surface area contributed by atoms with Gasteiger partial charge in [0.2, 0.25) is 6.79 Å². The van der Waals surface area contributed by atoms with Gasteiger partial charge in [-0.3, -0.25) is 0 Å². The molecule has 0 radical (unpaired) electrons. The first kappa shape index (κ1) is 19.2. The van der Waals surface area contributed by atoms with Gasteiger partial charge in [0, 0.05) is 5.41 Å². The van der Waals surface area contributed by atoms with Gasteiger partial charge in [-0.2, -0.15) is 0 Å². The van der Waals surface area contributed by atoms with E-state index in [1.54, 1.807) is 7.11 Å². The van der Waals surface area contributed by atoms with E-state index >= 15 is 0 Å². The van der Waals surface area contributed by atoms with Crippen LogP contribution in [0.15, 0.2) is 42.0 Å². The molecule has 2 fully saturated rings. The quantitative estimate of drug-likeness (QED) is 0.716. The SMILES string of the molecule is COc1ccc2c(c1)CC[C@H]1[C@H]2CC[C@]2(C)[C@@H](O)/C(=C/c3ccc4c(c3)OCO4)C[C@@H]12. The standard InChI is InChI=1S/C27H30O4/c1-27-10-9-21-20-7-5-19(29-2)13-17(20)4-6-22(21)23(27)14-18(26(27)28)11-16-3-8-24-25(12-16)31-15-30-24/h3,5,7-8,11-13,21-23,26,28H,4,6,9-10,14-15H2,1-2H3/b18-11+/t21-,22-,23-,26-,27-/m0/s1. The van der Waals surface area contributed by atoms with Gasteiger partial charge in [-0.15, -0.1) is 0 Å². The van der Waals surface area contributed by atoms with E-state index in [0.717, 1.165) is 48.5 Å². The number of hydrogen-bond donors (Lipinski definition) is 1. The molecular formula is C27H30O4. The van der Waals surface area contributed by atoms with Crippen molar-refractivity contribution in [3.8, 4) is 17.2 Å². The van der Waals surface area contributed by atoms with Crippen LogP contribution in [0.5, 0.6) is 17.2 Å². The normalized spacial score (nSPS) is 34.2. The second-order valence-corrected chi connectivity index (χ2v) is 9.96. The van der Waals surface area contributed by atoms with Crippen molar-refractivity contribution in [1.82, 2.24) is 0 Å². The number of ether oxygens (including phenoxy) is 3. The van der Waals surface area contributed by atoms with Crippen LogP contribution in [0.1, 0.15) is 55.2 Å². The molecule has 5 atom stereocenters. The molecule has 162 valence electrons. The molecule has 1 heterocycles. The highest BCUT2D eigenvalue weighted by Gasteiger charge is 2.56. The zero-order chi connectivity index (χ0) is 21.2. The monoisotopic (exact) mass is 418 g/mol. The maximum absolute atomic E-state index is 11.4. The van der Waals surface area contributed by atoms with Crippen molar-refractivity contribution in [3.63, 3.8) is 0 Å². The third-order valence-corrected chi connectivity index (χ3v) is 8.55. The summed E-state index contributed by atoms with van der Waals surface area (Å²) in [5.41, 5.74) is 5.19. The Kier molecular flexibility index (Phi) is 4.36. The number of fused-ring (bicyclic) bond motifs is 6. The summed E-state index contributed by atoms with van der Waals surface area (Å²) < 4.78 is 16.4. The molecule has 0 amide bonds. The van der Waals surface area contributed by atoms with Crippen LogP contribution in [0, 0.1) is 17.3 Å². The maximum Gasteiger partial charge on any atom is 0.231 e. The molecule has 6 rings (SSSR count). The molecule has 0 unspecified atom stereocenters. The molecule has 31 heavy (non-hydrogen) atoms. The van der Waals surface area contributed by atoms with Gasteiger partial charge < -0.3 is 19.3 Å². The molecule has 1 N–H and O–H groups in total. The Labute approximate surface area is 183 Å². The summed E-state index contributed by atoms with van der Waals surface area (Å²) in [7, 11) is 1.74. The third-order valence-electron chi connectivity index (χ3n) is 8.55. The molecule has 2 aromatic rings. The Bertz CT molecular complexity index is 1060. The number of aliphatic hydroxyl groups excluding tert-OH is 1. The Morgan fingerprint density at radius 2 is 1.97 bits per heavy atom. The minimum Gasteiger partial charge on any atom is -0.497 e. The van der Waals surface area contributed by atoms with Gasteiger partial charge >= 0.3 is 0 Å². The van der Waals surface area contributed by atoms with E-state index in [9.17, 15) is 5.11 Å². The highest BCUT2D eigenvalue weighted by atomic mass is 16.7. The van der Waals surface area contributed by atoms with Gasteiger partial charge in [0.25, 0.3) is 0 Å². The fourth-order valence-electron chi connectivity index (χ4n) is 6.90. The average molecular weight is 419 g/mol. The number of aryl methyl sites for hydroxylation is 1. The Hall–Kier alpha value is -2.46. The van der Waals surface area contributed by atoms with Gasteiger partial charge in [-0.05, 0) is 96.4 Å². The van der Waals surface area contributed by atoms with Crippen LogP contribution in [0.4, 0.5) is 0 Å². The maximum atomic E-state index is 11.4. The highest BCUT2D eigenvalue weighted by Crippen LogP contribution is 2.62. The number of methoxy groups -OCH3 is 1. The van der Waals surface area contributed by atoms with Crippen LogP contribution >= 0.6 is 0 Å². The summed E-state index contributed by atoms with van der Waals surface area (Å²) in [6.07, 6.45) is 7.34. The van der Waals surface area contributed by atoms with Gasteiger partial charge in [0.15, 0.2) is 11.5 Å². The van der Waals surface area contributed by atoms with E-state index in [4.69, 9.17) is 14.2 Å². The summed E-state index contributed by atoms with van der Waals surface area (Å²) in [6.45, 7) is 2.61. The number of rotatable bonds is 2. The zero-order valence-electron chi connectivity index (χ0n) is 18.3. The lowest BCUT2D eigenvalue weighted by Crippen LogP contribution is -2.44. The Morgan fingerprint density at radius 1 is 1.10 bits per heavy atom. The van der Waals surface area contributed by atoms with Crippen LogP contribution in [0.3, 0.4) is 0 Å². The van der Waals surface area contributed by atoms with Crippen LogP contribution in [-0.4, -0.2) is 25.1 Å². The smallest absolute Gasteiger partial charge is 0.231 e. The van der Waals surface area contributed by atoms with E-state index in [2.05, 4.69) is 37.3 Å². The van der Waals surface area contributed by atoms with Crippen molar-refractivity contribution in [2.24, 2.45) is 17.3 Å². The molecular weight excluding hydrogens is 388 g/mol. The summed E-state index contributed by atoms with van der Waals surface area (Å²) in [6, 6.07) is 12.7. The van der Waals surface area contributed by atoms with E-state index in [0.29, 0.717) is 17.8 Å². The van der Waals surface area contributed by atoms with Crippen LogP contribution < -0.4 is 14.2 Å². The minimum absolute atomic E-state index is 0.0344. The first-order valence-electron chi connectivity index (χ1n) is 11.5. The fourth-order valence-corrected chi connectivity index (χ4v) is 6.90. The fraction of sp³-hybridized carbons (Fsp3) is 0.481. The molecule has 1 aliphatic heterocycles. The lowest BCUT2D eigenvalue weighted by Gasteiger charge is -2.49. The second-order valence-electron chi connectivity index (χ2n) is 9.96. The van der Waals surface area contributed by atoms with Crippen molar-refractivity contribution in [2.75, 3.05) is 13.9 Å². The zero-order valence-corrected chi connectivity index (χ0v) is 18.3. The van der Waals surface area contributed by atoms with E-state index in [1.165, 1.54) is 23.1 Å². The third kappa shape index (κ3) is 2.91. The Morgan fingerprint density at radius 3 is 2.84 bits per heavy atom. The van der Waals surface area contributed by atoms with E-state index in [1.807, 2.05) is 12.1 Å². The summed E-state index contributed by atoms with van der Waals surface area (Å²) in [5, 5.41) is 11.4. The highest BCUT2D eigenvalue weighted by molar-refractivity contribution is 5.60. The molecule has 4 heteroatoms. The topological polar surface area (TPSA) is 47.9 Å². The number of hydrogen-bond acceptors (Lipinski definition) is 4. The first-order chi connectivity index (χ1) is 15.1. The first-order valence-corrected chi connectivity index (χ1v) is 11.5. The lowest BCUT2D eigenvalue weighted by molar-refractivity contribution is -0.0158. The van der Waals surface area contributed by atoms with Crippen molar-refractivity contribution in [1.29, 1.82) is 0 Å². The number of aliphatic hydroxyl groups is 1. The molecule has 4 aliphatic rings. The predicted molar refractivity (Wildman–Crippen MR) is 120 cm³/mol. The molecule has 0 spiro atoms. The van der Waals surface area contributed by atoms with Crippen LogP contribution in [0.2, 0.25) is 0 Å². The van der Waals surface area contributed by atoms with Gasteiger partial charge in [-0.1, -0.05) is 25.1 Å². The number of benzene rings is 2. The molecule has 0 aromatic heterocycles. The summed E-state index contributed by atoms with van der Waals surface area (Å²) in [5.74, 6) is 4.32. The minimum atomic E-state index is -0.374. The van der Waals surface area contributed by atoms with E-state index < -0.39 is 0 Å². The summed E-state index contributed by atoms with van der Waals surface area (Å²) in [4.78, 5) is 0. The largest absolute Gasteiger partial charge is 0.497 e. The van der Waals surface area contributed by atoms with E-state index in [-0.39, 0.29) is 18.3 Å². The van der Waals surface area contributed by atoms with Gasteiger partial charge in [-0.25, -0.2) is 0 Å². The molecule has 2 saturated carbocycles. The van der Waals surface area contributed by atoms with Crippen molar-refractivity contribution in [2.45, 2.75) is 51.0 Å². The lowest BCUT2D eigenvalue weighted by atomic mass is 9.55.